The first-order valence-corrected chi connectivity index (χ1v) is 7.46. The zero-order valence-corrected chi connectivity index (χ0v) is 12.3. The summed E-state index contributed by atoms with van der Waals surface area (Å²) in [7, 11) is 1.66. The van der Waals surface area contributed by atoms with Crippen LogP contribution in [0.25, 0.3) is 0 Å². The summed E-state index contributed by atoms with van der Waals surface area (Å²) in [6.45, 7) is 2.78. The van der Waals surface area contributed by atoms with Gasteiger partial charge in [-0.05, 0) is 31.4 Å². The standard InChI is InChI=1S/C16H25NO3/c1-19-15-8-2-3-9-16(15)20-13-11-17(10-5-12-18)14-6-4-7-14/h2-3,8-9,14,18H,4-7,10-13H2,1H3. The Kier molecular flexibility index (Phi) is 6.15. The molecule has 1 aliphatic carbocycles. The largest absolute Gasteiger partial charge is 0.493 e. The first-order valence-electron chi connectivity index (χ1n) is 7.46. The van der Waals surface area contributed by atoms with E-state index in [1.165, 1.54) is 19.3 Å². The third kappa shape index (κ3) is 4.12. The molecule has 1 aromatic rings. The van der Waals surface area contributed by atoms with Gasteiger partial charge in [-0.1, -0.05) is 18.6 Å². The normalized spacial score (nSPS) is 15.2. The monoisotopic (exact) mass is 279 g/mol. The lowest BCUT2D eigenvalue weighted by Gasteiger charge is -2.37. The van der Waals surface area contributed by atoms with E-state index >= 15 is 0 Å². The highest BCUT2D eigenvalue weighted by molar-refractivity contribution is 5.39. The average Bonchev–Trinajstić information content (AvgIpc) is 2.43. The van der Waals surface area contributed by atoms with Crippen molar-refractivity contribution in [3.8, 4) is 11.5 Å². The molecule has 0 heterocycles. The first kappa shape index (κ1) is 15.1. The van der Waals surface area contributed by atoms with Gasteiger partial charge in [-0.25, -0.2) is 0 Å². The molecule has 2 rings (SSSR count). The molecule has 1 aromatic carbocycles. The van der Waals surface area contributed by atoms with Gasteiger partial charge in [-0.2, -0.15) is 0 Å². The predicted molar refractivity (Wildman–Crippen MR) is 79.4 cm³/mol. The molecule has 1 saturated carbocycles. The minimum absolute atomic E-state index is 0.261. The third-order valence-corrected chi connectivity index (χ3v) is 3.90. The molecule has 1 N–H and O–H groups in total. The van der Waals surface area contributed by atoms with Crippen molar-refractivity contribution in [1.29, 1.82) is 0 Å². The molecule has 0 atom stereocenters. The van der Waals surface area contributed by atoms with Crippen molar-refractivity contribution in [3.63, 3.8) is 0 Å². The van der Waals surface area contributed by atoms with E-state index in [0.29, 0.717) is 12.6 Å². The van der Waals surface area contributed by atoms with Gasteiger partial charge in [0, 0.05) is 25.7 Å². The van der Waals surface area contributed by atoms with Crippen molar-refractivity contribution in [2.45, 2.75) is 31.7 Å². The third-order valence-electron chi connectivity index (χ3n) is 3.90. The fourth-order valence-corrected chi connectivity index (χ4v) is 2.51. The van der Waals surface area contributed by atoms with Crippen molar-refractivity contribution >= 4 is 0 Å². The summed E-state index contributed by atoms with van der Waals surface area (Å²) in [5.74, 6) is 1.57. The number of hydrogen-bond acceptors (Lipinski definition) is 4. The molecule has 4 nitrogen and oxygen atoms in total. The maximum Gasteiger partial charge on any atom is 0.161 e. The fourth-order valence-electron chi connectivity index (χ4n) is 2.51. The van der Waals surface area contributed by atoms with Crippen molar-refractivity contribution in [2.75, 3.05) is 33.4 Å². The van der Waals surface area contributed by atoms with Crippen LogP contribution in [0.15, 0.2) is 24.3 Å². The van der Waals surface area contributed by atoms with E-state index in [1.807, 2.05) is 24.3 Å². The Morgan fingerprint density at radius 3 is 2.55 bits per heavy atom. The van der Waals surface area contributed by atoms with E-state index in [9.17, 15) is 0 Å². The van der Waals surface area contributed by atoms with E-state index in [-0.39, 0.29) is 6.61 Å². The summed E-state index contributed by atoms with van der Waals surface area (Å²) in [5.41, 5.74) is 0. The quantitative estimate of drug-likeness (QED) is 0.753. The van der Waals surface area contributed by atoms with Gasteiger partial charge in [0.05, 0.1) is 7.11 Å². The Hall–Kier alpha value is -1.26. The number of nitrogens with zero attached hydrogens (tertiary/aromatic N) is 1. The van der Waals surface area contributed by atoms with Crippen molar-refractivity contribution in [3.05, 3.63) is 24.3 Å². The van der Waals surface area contributed by atoms with Gasteiger partial charge >= 0.3 is 0 Å². The van der Waals surface area contributed by atoms with Crippen LogP contribution in [0.1, 0.15) is 25.7 Å². The maximum atomic E-state index is 8.98. The van der Waals surface area contributed by atoms with Crippen LogP contribution in [0.2, 0.25) is 0 Å². The number of ether oxygens (including phenoxy) is 2. The van der Waals surface area contributed by atoms with Crippen LogP contribution in [0.3, 0.4) is 0 Å². The Bertz CT molecular complexity index is 393. The van der Waals surface area contributed by atoms with Gasteiger partial charge in [-0.3, -0.25) is 4.90 Å². The number of hydrogen-bond donors (Lipinski definition) is 1. The van der Waals surface area contributed by atoms with Crippen molar-refractivity contribution < 1.29 is 14.6 Å². The molecular formula is C16H25NO3. The molecule has 0 bridgehead atoms. The second kappa shape index (κ2) is 8.12. The van der Waals surface area contributed by atoms with Crippen LogP contribution in [0.4, 0.5) is 0 Å². The van der Waals surface area contributed by atoms with Crippen LogP contribution in [0, 0.1) is 0 Å². The van der Waals surface area contributed by atoms with Crippen LogP contribution in [0.5, 0.6) is 11.5 Å². The molecule has 1 aliphatic rings. The summed E-state index contributed by atoms with van der Waals surface area (Å²) < 4.78 is 11.1. The molecular weight excluding hydrogens is 254 g/mol. The Morgan fingerprint density at radius 1 is 1.20 bits per heavy atom. The maximum absolute atomic E-state index is 8.98. The summed E-state index contributed by atoms with van der Waals surface area (Å²) in [5, 5.41) is 8.98. The molecule has 0 aromatic heterocycles. The van der Waals surface area contributed by atoms with E-state index in [1.54, 1.807) is 7.11 Å². The van der Waals surface area contributed by atoms with Gasteiger partial charge in [0.25, 0.3) is 0 Å². The van der Waals surface area contributed by atoms with E-state index < -0.39 is 0 Å². The smallest absolute Gasteiger partial charge is 0.161 e. The fraction of sp³-hybridized carbons (Fsp3) is 0.625. The average molecular weight is 279 g/mol. The van der Waals surface area contributed by atoms with Crippen LogP contribution in [-0.4, -0.2) is 49.5 Å². The Morgan fingerprint density at radius 2 is 1.95 bits per heavy atom. The van der Waals surface area contributed by atoms with Crippen LogP contribution < -0.4 is 9.47 Å². The molecule has 0 amide bonds. The van der Waals surface area contributed by atoms with E-state index in [4.69, 9.17) is 14.6 Å². The zero-order chi connectivity index (χ0) is 14.2. The zero-order valence-electron chi connectivity index (χ0n) is 12.3. The molecule has 20 heavy (non-hydrogen) atoms. The summed E-state index contributed by atoms with van der Waals surface area (Å²) in [6, 6.07) is 8.41. The Balaban J connectivity index is 1.79. The van der Waals surface area contributed by atoms with Gasteiger partial charge in [0.2, 0.25) is 0 Å². The molecule has 0 unspecified atom stereocenters. The summed E-state index contributed by atoms with van der Waals surface area (Å²) in [6.07, 6.45) is 4.72. The highest BCUT2D eigenvalue weighted by Gasteiger charge is 2.24. The minimum Gasteiger partial charge on any atom is -0.493 e. The second-order valence-electron chi connectivity index (χ2n) is 5.20. The van der Waals surface area contributed by atoms with Gasteiger partial charge < -0.3 is 14.6 Å². The molecule has 0 aliphatic heterocycles. The number of benzene rings is 1. The molecule has 112 valence electrons. The van der Waals surface area contributed by atoms with E-state index in [2.05, 4.69) is 4.90 Å². The van der Waals surface area contributed by atoms with Gasteiger partial charge in [0.1, 0.15) is 6.61 Å². The van der Waals surface area contributed by atoms with Crippen molar-refractivity contribution in [2.24, 2.45) is 0 Å². The molecule has 0 saturated heterocycles. The van der Waals surface area contributed by atoms with Crippen molar-refractivity contribution in [1.82, 2.24) is 4.90 Å². The van der Waals surface area contributed by atoms with Gasteiger partial charge in [-0.15, -0.1) is 0 Å². The lowest BCUT2D eigenvalue weighted by molar-refractivity contribution is 0.0978. The number of aliphatic hydroxyl groups excluding tert-OH is 1. The number of methoxy groups -OCH3 is 1. The topological polar surface area (TPSA) is 41.9 Å². The SMILES string of the molecule is COc1ccccc1OCCN(CCCO)C1CCC1. The Labute approximate surface area is 121 Å². The number of para-hydroxylation sites is 2. The first-order chi connectivity index (χ1) is 9.85. The predicted octanol–water partition coefficient (Wildman–Crippen LogP) is 2.31. The number of aliphatic hydroxyl groups is 1. The summed E-state index contributed by atoms with van der Waals surface area (Å²) in [4.78, 5) is 2.44. The molecule has 1 fully saturated rings. The van der Waals surface area contributed by atoms with Crippen LogP contribution >= 0.6 is 0 Å². The number of rotatable bonds is 9. The minimum atomic E-state index is 0.261. The second-order valence-corrected chi connectivity index (χ2v) is 5.20. The molecule has 0 spiro atoms. The van der Waals surface area contributed by atoms with E-state index in [0.717, 1.165) is 31.0 Å². The lowest BCUT2D eigenvalue weighted by atomic mass is 9.91. The highest BCUT2D eigenvalue weighted by atomic mass is 16.5. The summed E-state index contributed by atoms with van der Waals surface area (Å²) >= 11 is 0. The van der Waals surface area contributed by atoms with Crippen LogP contribution in [-0.2, 0) is 0 Å². The molecule has 0 radical (unpaired) electrons. The van der Waals surface area contributed by atoms with Gasteiger partial charge in [0.15, 0.2) is 11.5 Å². The highest BCUT2D eigenvalue weighted by Crippen LogP contribution is 2.27. The molecule has 4 heteroatoms. The lowest BCUT2D eigenvalue weighted by Crippen LogP contribution is -2.43.